The normalized spacial score (nSPS) is 14.4. The Labute approximate surface area is 146 Å². The first-order valence-electron chi connectivity index (χ1n) is 8.23. The average Bonchev–Trinajstić information content (AvgIpc) is 3.10. The molecule has 1 aromatic heterocycles. The molecule has 126 valence electrons. The number of aromatic nitrogens is 1. The summed E-state index contributed by atoms with van der Waals surface area (Å²) in [5.41, 5.74) is 2.27. The number of amides is 2. The third-order valence-electron chi connectivity index (χ3n) is 4.22. The molecule has 3 N–H and O–H groups in total. The second-order valence-corrected chi connectivity index (χ2v) is 6.39. The van der Waals surface area contributed by atoms with Crippen LogP contribution in [-0.4, -0.2) is 17.6 Å². The Morgan fingerprint density at radius 3 is 2.50 bits per heavy atom. The molecule has 1 saturated carbocycles. The highest BCUT2D eigenvalue weighted by molar-refractivity contribution is 6.32. The van der Waals surface area contributed by atoms with Crippen LogP contribution in [0.4, 0.5) is 21.9 Å². The lowest BCUT2D eigenvalue weighted by Crippen LogP contribution is -2.19. The molecular weight excluding hydrogens is 324 g/mol. The van der Waals surface area contributed by atoms with E-state index in [0.29, 0.717) is 5.69 Å². The molecule has 0 atom stereocenters. The summed E-state index contributed by atoms with van der Waals surface area (Å²) < 4.78 is 0. The molecule has 1 aliphatic rings. The zero-order chi connectivity index (χ0) is 16.8. The number of urea groups is 1. The summed E-state index contributed by atoms with van der Waals surface area (Å²) in [7, 11) is 0. The smallest absolute Gasteiger partial charge is 0.323 e. The molecular formula is C18H21ClN4O. The molecule has 0 unspecified atom stereocenters. The van der Waals surface area contributed by atoms with Crippen LogP contribution in [0.3, 0.4) is 0 Å². The third-order valence-corrected chi connectivity index (χ3v) is 4.52. The minimum atomic E-state index is -0.350. The van der Waals surface area contributed by atoms with Gasteiger partial charge in [-0.2, -0.15) is 0 Å². The van der Waals surface area contributed by atoms with Crippen molar-refractivity contribution in [2.24, 2.45) is 5.92 Å². The van der Waals surface area contributed by atoms with Gasteiger partial charge in [-0.3, -0.25) is 0 Å². The van der Waals surface area contributed by atoms with Crippen molar-refractivity contribution in [2.45, 2.75) is 25.7 Å². The quantitative estimate of drug-likeness (QED) is 0.670. The van der Waals surface area contributed by atoms with Crippen molar-refractivity contribution in [3.63, 3.8) is 0 Å². The van der Waals surface area contributed by atoms with Gasteiger partial charge in [-0.25, -0.2) is 9.78 Å². The number of hydrogen-bond acceptors (Lipinski definition) is 3. The van der Waals surface area contributed by atoms with Crippen LogP contribution in [0.1, 0.15) is 25.7 Å². The van der Waals surface area contributed by atoms with Gasteiger partial charge in [0, 0.05) is 24.1 Å². The standard InChI is InChI=1S/C18H21ClN4O/c19-17-16(6-3-11-20-17)23-18(24)22-15-9-7-14(8-10-15)21-12-13-4-1-2-5-13/h3,6-11,13,21H,1-2,4-5,12H2,(H2,22,23,24). The first-order chi connectivity index (χ1) is 11.7. The molecule has 1 aliphatic carbocycles. The van der Waals surface area contributed by atoms with Gasteiger partial charge in [0.05, 0.1) is 5.69 Å². The molecule has 1 heterocycles. The van der Waals surface area contributed by atoms with E-state index in [0.717, 1.165) is 23.8 Å². The van der Waals surface area contributed by atoms with Gasteiger partial charge in [0.15, 0.2) is 5.15 Å². The second-order valence-electron chi connectivity index (χ2n) is 6.03. The molecule has 0 saturated heterocycles. The van der Waals surface area contributed by atoms with E-state index in [2.05, 4.69) is 20.9 Å². The van der Waals surface area contributed by atoms with Crippen molar-refractivity contribution < 1.29 is 4.79 Å². The van der Waals surface area contributed by atoms with Gasteiger partial charge in [-0.15, -0.1) is 0 Å². The summed E-state index contributed by atoms with van der Waals surface area (Å²) in [6.07, 6.45) is 6.92. The summed E-state index contributed by atoms with van der Waals surface area (Å²) in [6.45, 7) is 1.02. The minimum Gasteiger partial charge on any atom is -0.385 e. The molecule has 1 fully saturated rings. The van der Waals surface area contributed by atoms with Crippen molar-refractivity contribution >= 4 is 34.7 Å². The van der Waals surface area contributed by atoms with Crippen LogP contribution in [0.25, 0.3) is 0 Å². The lowest BCUT2D eigenvalue weighted by atomic mass is 10.1. The van der Waals surface area contributed by atoms with Gasteiger partial charge < -0.3 is 16.0 Å². The van der Waals surface area contributed by atoms with Gasteiger partial charge in [-0.05, 0) is 55.2 Å². The summed E-state index contributed by atoms with van der Waals surface area (Å²) in [4.78, 5) is 15.9. The highest BCUT2D eigenvalue weighted by Crippen LogP contribution is 2.25. The van der Waals surface area contributed by atoms with E-state index in [1.165, 1.54) is 25.7 Å². The Morgan fingerprint density at radius 2 is 1.79 bits per heavy atom. The fourth-order valence-corrected chi connectivity index (χ4v) is 3.08. The first-order valence-corrected chi connectivity index (χ1v) is 8.61. The number of nitrogens with zero attached hydrogens (tertiary/aromatic N) is 1. The maximum absolute atomic E-state index is 12.0. The predicted molar refractivity (Wildman–Crippen MR) is 98.8 cm³/mol. The zero-order valence-corrected chi connectivity index (χ0v) is 14.1. The largest absolute Gasteiger partial charge is 0.385 e. The monoisotopic (exact) mass is 344 g/mol. The SMILES string of the molecule is O=C(Nc1ccc(NCC2CCCC2)cc1)Nc1cccnc1Cl. The van der Waals surface area contributed by atoms with Gasteiger partial charge in [0.2, 0.25) is 0 Å². The molecule has 0 bridgehead atoms. The maximum atomic E-state index is 12.0. The lowest BCUT2D eigenvalue weighted by Gasteiger charge is -2.13. The highest BCUT2D eigenvalue weighted by atomic mass is 35.5. The molecule has 2 amide bonds. The summed E-state index contributed by atoms with van der Waals surface area (Å²) in [5, 5.41) is 9.18. The number of anilines is 3. The van der Waals surface area contributed by atoms with Crippen molar-refractivity contribution in [3.05, 3.63) is 47.7 Å². The molecule has 0 spiro atoms. The Kier molecular flexibility index (Phi) is 5.54. The summed E-state index contributed by atoms with van der Waals surface area (Å²) in [5.74, 6) is 0.790. The topological polar surface area (TPSA) is 66.1 Å². The molecule has 24 heavy (non-hydrogen) atoms. The average molecular weight is 345 g/mol. The summed E-state index contributed by atoms with van der Waals surface area (Å²) >= 11 is 5.92. The number of nitrogens with one attached hydrogen (secondary N) is 3. The maximum Gasteiger partial charge on any atom is 0.323 e. The summed E-state index contributed by atoms with van der Waals surface area (Å²) in [6, 6.07) is 10.8. The van der Waals surface area contributed by atoms with E-state index in [-0.39, 0.29) is 11.2 Å². The fourth-order valence-electron chi connectivity index (χ4n) is 2.91. The zero-order valence-electron chi connectivity index (χ0n) is 13.4. The number of carbonyl (C=O) groups excluding carboxylic acids is 1. The van der Waals surface area contributed by atoms with E-state index in [1.807, 2.05) is 24.3 Å². The van der Waals surface area contributed by atoms with E-state index in [1.54, 1.807) is 18.3 Å². The second kappa shape index (κ2) is 8.02. The van der Waals surface area contributed by atoms with Crippen LogP contribution in [0.2, 0.25) is 5.15 Å². The van der Waals surface area contributed by atoms with Crippen molar-refractivity contribution in [1.82, 2.24) is 4.98 Å². The molecule has 5 nitrogen and oxygen atoms in total. The van der Waals surface area contributed by atoms with Gasteiger partial charge in [0.25, 0.3) is 0 Å². The molecule has 6 heteroatoms. The van der Waals surface area contributed by atoms with Gasteiger partial charge in [0.1, 0.15) is 0 Å². The Bertz CT molecular complexity index is 684. The number of carbonyl (C=O) groups is 1. The molecule has 0 radical (unpaired) electrons. The Balaban J connectivity index is 1.50. The van der Waals surface area contributed by atoms with Crippen molar-refractivity contribution in [3.8, 4) is 0 Å². The van der Waals surface area contributed by atoms with Crippen LogP contribution < -0.4 is 16.0 Å². The number of benzene rings is 1. The minimum absolute atomic E-state index is 0.263. The predicted octanol–water partition coefficient (Wildman–Crippen LogP) is 4.98. The van der Waals surface area contributed by atoms with Crippen LogP contribution in [0, 0.1) is 5.92 Å². The van der Waals surface area contributed by atoms with Crippen LogP contribution in [0.15, 0.2) is 42.6 Å². The lowest BCUT2D eigenvalue weighted by molar-refractivity contribution is 0.262. The Hall–Kier alpha value is -2.27. The van der Waals surface area contributed by atoms with E-state index < -0.39 is 0 Å². The van der Waals surface area contributed by atoms with Crippen LogP contribution in [0.5, 0.6) is 0 Å². The number of hydrogen-bond donors (Lipinski definition) is 3. The Morgan fingerprint density at radius 1 is 1.08 bits per heavy atom. The van der Waals surface area contributed by atoms with E-state index in [4.69, 9.17) is 11.6 Å². The molecule has 2 aromatic rings. The van der Waals surface area contributed by atoms with Crippen LogP contribution >= 0.6 is 11.6 Å². The van der Waals surface area contributed by atoms with E-state index >= 15 is 0 Å². The number of halogens is 1. The van der Waals surface area contributed by atoms with Gasteiger partial charge in [-0.1, -0.05) is 24.4 Å². The third kappa shape index (κ3) is 4.61. The molecule has 3 rings (SSSR count). The van der Waals surface area contributed by atoms with Gasteiger partial charge >= 0.3 is 6.03 Å². The molecule has 1 aromatic carbocycles. The van der Waals surface area contributed by atoms with Crippen molar-refractivity contribution in [1.29, 1.82) is 0 Å². The van der Waals surface area contributed by atoms with Crippen LogP contribution in [-0.2, 0) is 0 Å². The first kappa shape index (κ1) is 16.6. The highest BCUT2D eigenvalue weighted by Gasteiger charge is 2.14. The number of pyridine rings is 1. The fraction of sp³-hybridized carbons (Fsp3) is 0.333. The molecule has 0 aliphatic heterocycles. The van der Waals surface area contributed by atoms with E-state index in [9.17, 15) is 4.79 Å². The van der Waals surface area contributed by atoms with Crippen molar-refractivity contribution in [2.75, 3.05) is 22.5 Å². The number of rotatable bonds is 5.